The third-order valence-electron chi connectivity index (χ3n) is 0.901. The first-order valence-electron chi connectivity index (χ1n) is 2.81. The van der Waals surface area contributed by atoms with Crippen molar-refractivity contribution in [1.29, 1.82) is 0 Å². The highest BCUT2D eigenvalue weighted by Gasteiger charge is 2.06. The molecule has 0 aliphatic rings. The van der Waals surface area contributed by atoms with E-state index in [2.05, 4.69) is 15.9 Å². The minimum atomic E-state index is -0.293. The zero-order chi connectivity index (χ0) is 7.56. The Bertz CT molecular complexity index is 224. The molecule has 1 nitrogen and oxygen atoms in total. The van der Waals surface area contributed by atoms with Crippen molar-refractivity contribution in [3.63, 3.8) is 0 Å². The maximum atomic E-state index is 12.7. The van der Waals surface area contributed by atoms with E-state index in [-0.39, 0.29) is 5.82 Å². The van der Waals surface area contributed by atoms with Crippen LogP contribution in [0, 0.1) is 5.82 Å². The van der Waals surface area contributed by atoms with Crippen LogP contribution in [0.25, 0.3) is 0 Å². The Labute approximate surface area is 70.9 Å². The van der Waals surface area contributed by atoms with Crippen LogP contribution in [0.15, 0.2) is 9.85 Å². The highest BCUT2D eigenvalue weighted by Crippen LogP contribution is 2.32. The quantitative estimate of drug-likeness (QED) is 0.751. The van der Waals surface area contributed by atoms with Crippen LogP contribution in [0.3, 0.4) is 0 Å². The molecule has 0 bridgehead atoms. The lowest BCUT2D eigenvalue weighted by Gasteiger charge is -1.95. The largest absolute Gasteiger partial charge is 0.482 e. The van der Waals surface area contributed by atoms with Gasteiger partial charge in [0.2, 0.25) is 5.06 Å². The number of halogens is 2. The van der Waals surface area contributed by atoms with Gasteiger partial charge < -0.3 is 4.74 Å². The molecular weight excluding hydrogens is 219 g/mol. The molecule has 0 aromatic carbocycles. The van der Waals surface area contributed by atoms with Gasteiger partial charge in [0, 0.05) is 6.07 Å². The summed E-state index contributed by atoms with van der Waals surface area (Å²) in [5, 5.41) is 0.356. The summed E-state index contributed by atoms with van der Waals surface area (Å²) in [4.78, 5) is 0. The van der Waals surface area contributed by atoms with Crippen LogP contribution < -0.4 is 4.74 Å². The normalized spacial score (nSPS) is 9.90. The van der Waals surface area contributed by atoms with Gasteiger partial charge in [-0.2, -0.15) is 0 Å². The van der Waals surface area contributed by atoms with E-state index in [1.165, 1.54) is 17.4 Å². The summed E-state index contributed by atoms with van der Waals surface area (Å²) in [7, 11) is 0. The molecule has 0 aliphatic heterocycles. The molecule has 56 valence electrons. The summed E-state index contributed by atoms with van der Waals surface area (Å²) in [6, 6.07) is 1.40. The number of hydrogen-bond acceptors (Lipinski definition) is 2. The molecule has 1 rings (SSSR count). The molecule has 10 heavy (non-hydrogen) atoms. The van der Waals surface area contributed by atoms with Crippen LogP contribution in [-0.4, -0.2) is 6.61 Å². The van der Waals surface area contributed by atoms with Crippen molar-refractivity contribution >= 4 is 27.3 Å². The Morgan fingerprint density at radius 2 is 2.50 bits per heavy atom. The molecular formula is C6H6BrFOS. The fourth-order valence-electron chi connectivity index (χ4n) is 0.555. The first-order valence-corrected chi connectivity index (χ1v) is 4.42. The highest BCUT2D eigenvalue weighted by molar-refractivity contribution is 9.11. The molecule has 4 heteroatoms. The molecule has 0 amide bonds. The Hall–Kier alpha value is -0.0900. The van der Waals surface area contributed by atoms with E-state index in [9.17, 15) is 4.39 Å². The molecule has 0 unspecified atom stereocenters. The average molecular weight is 225 g/mol. The molecule has 0 spiro atoms. The second kappa shape index (κ2) is 3.34. The van der Waals surface area contributed by atoms with Crippen molar-refractivity contribution in [2.24, 2.45) is 0 Å². The summed E-state index contributed by atoms with van der Waals surface area (Å²) >= 11 is 4.41. The Balaban J connectivity index is 2.81. The van der Waals surface area contributed by atoms with Crippen molar-refractivity contribution in [3.05, 3.63) is 15.7 Å². The van der Waals surface area contributed by atoms with E-state index in [1.807, 2.05) is 6.92 Å². The summed E-state index contributed by atoms with van der Waals surface area (Å²) in [6.45, 7) is 2.33. The van der Waals surface area contributed by atoms with Crippen molar-refractivity contribution < 1.29 is 9.13 Å². The molecule has 0 atom stereocenters. The molecule has 0 fully saturated rings. The third kappa shape index (κ3) is 1.70. The van der Waals surface area contributed by atoms with Crippen molar-refractivity contribution in [2.75, 3.05) is 6.61 Å². The fraction of sp³-hybridized carbons (Fsp3) is 0.333. The van der Waals surface area contributed by atoms with Crippen LogP contribution in [0.5, 0.6) is 5.06 Å². The first kappa shape index (κ1) is 8.01. The van der Waals surface area contributed by atoms with Gasteiger partial charge in [0.15, 0.2) is 5.82 Å². The molecule has 1 heterocycles. The lowest BCUT2D eigenvalue weighted by molar-refractivity contribution is 0.333. The van der Waals surface area contributed by atoms with Crippen molar-refractivity contribution in [1.82, 2.24) is 0 Å². The summed E-state index contributed by atoms with van der Waals surface area (Å²) in [6.07, 6.45) is 0. The van der Waals surface area contributed by atoms with Gasteiger partial charge in [-0.15, -0.1) is 0 Å². The summed E-state index contributed by atoms with van der Waals surface area (Å²) in [5.74, 6) is -0.293. The highest BCUT2D eigenvalue weighted by atomic mass is 79.9. The van der Waals surface area contributed by atoms with Gasteiger partial charge in [0.1, 0.15) is 0 Å². The van der Waals surface area contributed by atoms with Gasteiger partial charge in [-0.3, -0.25) is 0 Å². The van der Waals surface area contributed by atoms with E-state index in [1.54, 1.807) is 0 Å². The molecule has 0 saturated carbocycles. The van der Waals surface area contributed by atoms with Crippen molar-refractivity contribution in [3.8, 4) is 5.06 Å². The lowest BCUT2D eigenvalue weighted by Crippen LogP contribution is -1.89. The Morgan fingerprint density at radius 1 is 1.80 bits per heavy atom. The molecule has 0 N–H and O–H groups in total. The molecule has 1 aromatic heterocycles. The smallest absolute Gasteiger partial charge is 0.211 e. The maximum Gasteiger partial charge on any atom is 0.211 e. The van der Waals surface area contributed by atoms with E-state index < -0.39 is 0 Å². The van der Waals surface area contributed by atoms with Crippen LogP contribution in [0.4, 0.5) is 4.39 Å². The predicted octanol–water partition coefficient (Wildman–Crippen LogP) is 3.05. The zero-order valence-electron chi connectivity index (χ0n) is 5.36. The topological polar surface area (TPSA) is 9.23 Å². The van der Waals surface area contributed by atoms with Gasteiger partial charge in [0.05, 0.1) is 10.4 Å². The number of thiophene rings is 1. The van der Waals surface area contributed by atoms with Crippen LogP contribution in [-0.2, 0) is 0 Å². The summed E-state index contributed by atoms with van der Waals surface area (Å²) in [5.41, 5.74) is 0. The first-order chi connectivity index (χ1) is 4.74. The van der Waals surface area contributed by atoms with E-state index in [0.717, 1.165) is 3.79 Å². The van der Waals surface area contributed by atoms with Crippen LogP contribution in [0.2, 0.25) is 0 Å². The Morgan fingerprint density at radius 3 is 2.90 bits per heavy atom. The number of rotatable bonds is 2. The van der Waals surface area contributed by atoms with Gasteiger partial charge in [0.25, 0.3) is 0 Å². The van der Waals surface area contributed by atoms with Crippen molar-refractivity contribution in [2.45, 2.75) is 6.92 Å². The van der Waals surface area contributed by atoms with Gasteiger partial charge in [-0.05, 0) is 22.9 Å². The average Bonchev–Trinajstić information content (AvgIpc) is 2.13. The van der Waals surface area contributed by atoms with Crippen LogP contribution in [0.1, 0.15) is 6.92 Å². The van der Waals surface area contributed by atoms with Gasteiger partial charge in [-0.25, -0.2) is 4.39 Å². The van der Waals surface area contributed by atoms with Gasteiger partial charge in [-0.1, -0.05) is 11.3 Å². The van der Waals surface area contributed by atoms with E-state index in [4.69, 9.17) is 4.74 Å². The molecule has 0 radical (unpaired) electrons. The lowest BCUT2D eigenvalue weighted by atomic mass is 10.6. The van der Waals surface area contributed by atoms with E-state index >= 15 is 0 Å². The molecule has 1 aromatic rings. The molecule has 0 saturated heterocycles. The standard InChI is InChI=1S/C6H6BrFOS/c1-2-9-6-4(8)3-5(7)10-6/h3H,2H2,1H3. The second-order valence-electron chi connectivity index (χ2n) is 1.62. The number of hydrogen-bond donors (Lipinski definition) is 0. The third-order valence-corrected chi connectivity index (χ3v) is 2.43. The monoisotopic (exact) mass is 224 g/mol. The minimum Gasteiger partial charge on any atom is -0.482 e. The second-order valence-corrected chi connectivity index (χ2v) is 4.01. The molecule has 0 aliphatic carbocycles. The summed E-state index contributed by atoms with van der Waals surface area (Å²) < 4.78 is 18.4. The van der Waals surface area contributed by atoms with Gasteiger partial charge >= 0.3 is 0 Å². The minimum absolute atomic E-state index is 0.293. The van der Waals surface area contributed by atoms with E-state index in [0.29, 0.717) is 11.7 Å². The number of ether oxygens (including phenoxy) is 1. The fourth-order valence-corrected chi connectivity index (χ4v) is 1.87. The zero-order valence-corrected chi connectivity index (χ0v) is 7.76. The van der Waals surface area contributed by atoms with Crippen LogP contribution >= 0.6 is 27.3 Å². The maximum absolute atomic E-state index is 12.7. The predicted molar refractivity (Wildman–Crippen MR) is 43.1 cm³/mol. The Kier molecular flexibility index (Phi) is 2.68. The SMILES string of the molecule is CCOc1sc(Br)cc1F.